The fraction of sp³-hybridized carbons (Fsp3) is 0.638. The lowest BCUT2D eigenvalue weighted by Gasteiger charge is -2.54. The minimum Gasteiger partial charge on any atom is -0.444 e. The van der Waals surface area contributed by atoms with Gasteiger partial charge in [-0.2, -0.15) is 20.7 Å². The molecule has 4 fully saturated rings. The quantitative estimate of drug-likeness (QED) is 0.0581. The Bertz CT molecular complexity index is 3120. The molecule has 19 nitrogen and oxygen atoms in total. The zero-order valence-corrected chi connectivity index (χ0v) is 50.9. The summed E-state index contributed by atoms with van der Waals surface area (Å²) in [5, 5.41) is 30.8. The predicted octanol–water partition coefficient (Wildman–Crippen LogP) is 10.4. The van der Waals surface area contributed by atoms with Gasteiger partial charge in [0, 0.05) is 127 Å². The number of carbonyl (C=O) groups excluding carboxylic acids is 1. The number of nitrogens with zero attached hydrogens (tertiary/aromatic N) is 15. The highest BCUT2D eigenvalue weighted by molar-refractivity contribution is 6.76. The van der Waals surface area contributed by atoms with Gasteiger partial charge in [-0.25, -0.2) is 24.7 Å². The number of hydrogen-bond acceptors (Lipinski definition) is 14. The molecular weight excluding hydrogens is 1030 g/mol. The molecule has 21 heteroatoms. The lowest BCUT2D eigenvalue weighted by molar-refractivity contribution is -0.0541. The molecule has 0 spiro atoms. The van der Waals surface area contributed by atoms with E-state index in [1.165, 1.54) is 25.7 Å². The van der Waals surface area contributed by atoms with Crippen LogP contribution >= 0.6 is 0 Å². The van der Waals surface area contributed by atoms with Crippen LogP contribution in [0.4, 0.5) is 4.79 Å². The summed E-state index contributed by atoms with van der Waals surface area (Å²) in [6, 6.07) is 12.3. The third-order valence-corrected chi connectivity index (χ3v) is 19.9. The molecule has 1 amide bonds. The van der Waals surface area contributed by atoms with Gasteiger partial charge in [-0.15, -0.1) is 0 Å². The molecule has 10 rings (SSSR count). The topological polar surface area (TPSA) is 199 Å². The van der Waals surface area contributed by atoms with Crippen molar-refractivity contribution in [3.05, 3.63) is 62.0 Å². The van der Waals surface area contributed by atoms with Gasteiger partial charge in [0.2, 0.25) is 0 Å². The van der Waals surface area contributed by atoms with E-state index in [9.17, 15) is 15.3 Å². The summed E-state index contributed by atoms with van der Waals surface area (Å²) in [5.74, 6) is 0.796. The molecule has 9 heterocycles. The minimum atomic E-state index is -1.15. The summed E-state index contributed by atoms with van der Waals surface area (Å²) in [7, 11) is -2.26. The van der Waals surface area contributed by atoms with Crippen LogP contribution in [0.25, 0.3) is 44.6 Å². The molecule has 79 heavy (non-hydrogen) atoms. The van der Waals surface area contributed by atoms with Gasteiger partial charge in [0.15, 0.2) is 0 Å². The molecule has 0 bridgehead atoms. The Morgan fingerprint density at radius 2 is 1.18 bits per heavy atom. The van der Waals surface area contributed by atoms with Crippen LogP contribution in [0.3, 0.4) is 0 Å². The third-order valence-electron chi connectivity index (χ3n) is 16.5. The van der Waals surface area contributed by atoms with Crippen LogP contribution in [-0.4, -0.2) is 155 Å². The molecule has 4 atom stereocenters. The average Bonchev–Trinajstić information content (AvgIpc) is 4.34. The second-order valence-corrected chi connectivity index (χ2v) is 37.8. The van der Waals surface area contributed by atoms with Crippen molar-refractivity contribution in [2.24, 2.45) is 5.92 Å². The molecule has 1 saturated carbocycles. The summed E-state index contributed by atoms with van der Waals surface area (Å²) in [6.07, 6.45) is 22.6. The first kappa shape index (κ1) is 57.9. The molecule has 3 saturated heterocycles. The zero-order chi connectivity index (χ0) is 56.3. The van der Waals surface area contributed by atoms with Crippen molar-refractivity contribution >= 4 is 44.3 Å². The van der Waals surface area contributed by atoms with Crippen molar-refractivity contribution in [3.8, 4) is 34.7 Å². The first-order valence-electron chi connectivity index (χ1n) is 28.6. The first-order chi connectivity index (χ1) is 37.6. The molecule has 4 unspecified atom stereocenters. The Morgan fingerprint density at radius 1 is 0.696 bits per heavy atom. The summed E-state index contributed by atoms with van der Waals surface area (Å²) >= 11 is 0. The van der Waals surface area contributed by atoms with Gasteiger partial charge >= 0.3 is 6.09 Å². The van der Waals surface area contributed by atoms with Crippen molar-refractivity contribution in [1.82, 2.24) is 63.3 Å². The average molecular weight is 1110 g/mol. The van der Waals surface area contributed by atoms with E-state index in [4.69, 9.17) is 24.4 Å². The molecule has 0 aromatic carbocycles. The third kappa shape index (κ3) is 13.5. The predicted molar refractivity (Wildman–Crippen MR) is 312 cm³/mol. The second-order valence-electron chi connectivity index (χ2n) is 26.6. The fourth-order valence-electron chi connectivity index (χ4n) is 11.9. The summed E-state index contributed by atoms with van der Waals surface area (Å²) < 4.78 is 25.6. The van der Waals surface area contributed by atoms with E-state index in [0.29, 0.717) is 44.9 Å². The van der Waals surface area contributed by atoms with Gasteiger partial charge < -0.3 is 28.2 Å². The van der Waals surface area contributed by atoms with Gasteiger partial charge in [-0.1, -0.05) is 59.0 Å². The van der Waals surface area contributed by atoms with E-state index in [0.717, 1.165) is 115 Å². The monoisotopic (exact) mass is 1110 g/mol. The Hall–Kier alpha value is -5.82. The maximum atomic E-state index is 12.7. The number of ether oxygens (including phenoxy) is 3. The molecule has 3 aliphatic heterocycles. The highest BCUT2D eigenvalue weighted by atomic mass is 28.3. The van der Waals surface area contributed by atoms with Crippen molar-refractivity contribution in [3.63, 3.8) is 0 Å². The van der Waals surface area contributed by atoms with Crippen LogP contribution in [-0.2, 0) is 38.8 Å². The van der Waals surface area contributed by atoms with Gasteiger partial charge in [-0.3, -0.25) is 19.2 Å². The smallest absolute Gasteiger partial charge is 0.410 e. The van der Waals surface area contributed by atoms with E-state index < -0.39 is 21.7 Å². The van der Waals surface area contributed by atoms with Crippen LogP contribution < -0.4 is 0 Å². The van der Waals surface area contributed by atoms with Crippen molar-refractivity contribution in [2.45, 2.75) is 186 Å². The van der Waals surface area contributed by atoms with E-state index in [1.807, 2.05) is 81.2 Å². The number of likely N-dealkylation sites (tertiary alicyclic amines) is 3. The Labute approximate surface area is 469 Å². The van der Waals surface area contributed by atoms with Gasteiger partial charge in [0.1, 0.15) is 54.1 Å². The molecule has 6 aromatic rings. The minimum absolute atomic E-state index is 0.0918. The Balaban J connectivity index is 0.000000195. The maximum Gasteiger partial charge on any atom is 0.410 e. The second kappa shape index (κ2) is 23.7. The molecular formula is C58H85N15O4Si2. The van der Waals surface area contributed by atoms with Crippen molar-refractivity contribution < 1.29 is 19.0 Å². The summed E-state index contributed by atoms with van der Waals surface area (Å²) in [6.45, 7) is 30.7. The van der Waals surface area contributed by atoms with Crippen LogP contribution in [0.5, 0.6) is 0 Å². The number of carbonyl (C=O) groups is 1. The van der Waals surface area contributed by atoms with Gasteiger partial charge in [-0.05, 0) is 83.5 Å². The first-order valence-corrected chi connectivity index (χ1v) is 36.1. The molecule has 6 aromatic heterocycles. The number of nitriles is 2. The summed E-state index contributed by atoms with van der Waals surface area (Å²) in [5.41, 5.74) is 4.11. The molecule has 424 valence electrons. The van der Waals surface area contributed by atoms with Crippen LogP contribution in [0.1, 0.15) is 86.0 Å². The van der Waals surface area contributed by atoms with Crippen molar-refractivity contribution in [1.29, 1.82) is 10.5 Å². The standard InChI is InChI=1S/C31H46N8O3Si.C27H39N7OSi/c1-23-16-25(8-13-38(23)29(40)42-30(2,3)4)37-19-31(20-37,10-11-32)39-18-24(17-35-39)27-26-9-12-36(28(26)34-21-33-27)22-41-14-15-43(5,6)7;1-21-6-5-7-23(14-21)33-17-27(18-33,9-10-28)34-16-22(15-31-34)25-24-8-11-32(26(24)30-19-29-25)20-35-12-13-36(2,3)4/h9,12,17-18,21,23,25H,8,10,13-16,19-20,22H2,1-7H3;8,11,15-16,19,21,23H,5-7,9,12-14,17-18,20H2,1-4H3. The van der Waals surface area contributed by atoms with Gasteiger partial charge in [0.25, 0.3) is 0 Å². The largest absolute Gasteiger partial charge is 0.444 e. The van der Waals surface area contributed by atoms with Crippen LogP contribution in [0, 0.1) is 28.6 Å². The molecule has 1 aliphatic carbocycles. The lowest BCUT2D eigenvalue weighted by Crippen LogP contribution is -2.67. The van der Waals surface area contributed by atoms with Gasteiger partial charge in [0.05, 0.1) is 48.8 Å². The number of piperidine rings is 1. The van der Waals surface area contributed by atoms with Crippen LogP contribution in [0.15, 0.2) is 62.0 Å². The number of hydrogen-bond donors (Lipinski definition) is 0. The van der Waals surface area contributed by atoms with E-state index in [2.05, 4.69) is 107 Å². The number of amides is 1. The number of fused-ring (bicyclic) bond motifs is 2. The Morgan fingerprint density at radius 3 is 1.61 bits per heavy atom. The summed E-state index contributed by atoms with van der Waals surface area (Å²) in [4.78, 5) is 37.8. The van der Waals surface area contributed by atoms with E-state index >= 15 is 0 Å². The normalized spacial score (nSPS) is 21.7. The van der Waals surface area contributed by atoms with Crippen molar-refractivity contribution in [2.75, 3.05) is 45.9 Å². The lowest BCUT2D eigenvalue weighted by atomic mass is 9.80. The SMILES string of the molecule is CC1CC(N2CC(CC#N)(n3cc(-c4ncnc5c4ccn5COCC[Si](C)(C)C)cn3)C2)CCN1C(=O)OC(C)(C)C.CC1CCCC(N2CC(CC#N)(n3cc(-c4ncnc5c4ccn5COCC[Si](C)(C)C)cn3)C2)C1. The highest BCUT2D eigenvalue weighted by Crippen LogP contribution is 2.41. The van der Waals surface area contributed by atoms with E-state index in [1.54, 1.807) is 12.7 Å². The molecule has 4 aliphatic rings. The number of rotatable bonds is 18. The molecule has 0 N–H and O–H groups in total. The van der Waals surface area contributed by atoms with Crippen LogP contribution in [0.2, 0.25) is 51.4 Å². The molecule has 0 radical (unpaired) electrons. The number of aromatic nitrogens is 10. The zero-order valence-electron chi connectivity index (χ0n) is 48.9. The maximum absolute atomic E-state index is 12.7. The van der Waals surface area contributed by atoms with E-state index in [-0.39, 0.29) is 23.2 Å². The Kier molecular flexibility index (Phi) is 17.4. The highest BCUT2D eigenvalue weighted by Gasteiger charge is 2.50. The fourth-order valence-corrected chi connectivity index (χ4v) is 13.4.